The van der Waals surface area contributed by atoms with Gasteiger partial charge in [-0.2, -0.15) is 0 Å². The number of aryl methyl sites for hydroxylation is 2. The third kappa shape index (κ3) is 2.62. The molecule has 0 fully saturated rings. The van der Waals surface area contributed by atoms with Gasteiger partial charge in [-0.15, -0.1) is 0 Å². The van der Waals surface area contributed by atoms with Gasteiger partial charge in [0.05, 0.1) is 9.92 Å². The number of ketones is 1. The number of carbonyl (C=O) groups excluding carboxylic acids is 1. The highest BCUT2D eigenvalue weighted by Crippen LogP contribution is 2.28. The van der Waals surface area contributed by atoms with E-state index >= 15 is 0 Å². The van der Waals surface area contributed by atoms with Crippen molar-refractivity contribution in [1.82, 2.24) is 9.78 Å². The van der Waals surface area contributed by atoms with Crippen molar-refractivity contribution < 1.29 is 13.2 Å². The second-order valence-electron chi connectivity index (χ2n) is 5.13. The summed E-state index contributed by atoms with van der Waals surface area (Å²) >= 11 is 6.16. The van der Waals surface area contributed by atoms with E-state index in [2.05, 4.69) is 5.10 Å². The summed E-state index contributed by atoms with van der Waals surface area (Å²) in [6.07, 6.45) is 1.07. The van der Waals surface area contributed by atoms with E-state index in [1.165, 1.54) is 30.8 Å². The molecule has 6 nitrogen and oxygen atoms in total. The van der Waals surface area contributed by atoms with E-state index in [1.54, 1.807) is 6.92 Å². The lowest BCUT2D eigenvalue weighted by molar-refractivity contribution is 0.103. The first-order valence-electron chi connectivity index (χ1n) is 6.35. The number of rotatable bonds is 3. The van der Waals surface area contributed by atoms with Crippen molar-refractivity contribution in [2.75, 3.05) is 6.26 Å². The lowest BCUT2D eigenvalue weighted by Crippen LogP contribution is -2.20. The van der Waals surface area contributed by atoms with Gasteiger partial charge in [-0.25, -0.2) is 8.42 Å². The van der Waals surface area contributed by atoms with Crippen LogP contribution in [0.2, 0.25) is 5.02 Å². The molecule has 0 atom stereocenters. The van der Waals surface area contributed by atoms with Crippen molar-refractivity contribution >= 4 is 27.2 Å². The summed E-state index contributed by atoms with van der Waals surface area (Å²) < 4.78 is 24.5. The van der Waals surface area contributed by atoms with E-state index < -0.39 is 21.2 Å². The number of benzene rings is 1. The van der Waals surface area contributed by atoms with Gasteiger partial charge in [0.1, 0.15) is 5.56 Å². The van der Waals surface area contributed by atoms with Crippen LogP contribution in [0.5, 0.6) is 0 Å². The molecule has 2 aromatic rings. The predicted molar refractivity (Wildman–Crippen MR) is 83.5 cm³/mol. The van der Waals surface area contributed by atoms with Gasteiger partial charge in [0, 0.05) is 24.6 Å². The van der Waals surface area contributed by atoms with E-state index in [0.29, 0.717) is 11.3 Å². The number of nitrogens with zero attached hydrogens (tertiary/aromatic N) is 1. The van der Waals surface area contributed by atoms with Crippen LogP contribution in [0, 0.1) is 13.8 Å². The summed E-state index contributed by atoms with van der Waals surface area (Å²) in [5.74, 6) is -0.535. The Balaban J connectivity index is 2.67. The van der Waals surface area contributed by atoms with E-state index in [1.807, 2.05) is 0 Å². The monoisotopic (exact) mass is 342 g/mol. The van der Waals surface area contributed by atoms with E-state index in [9.17, 15) is 18.0 Å². The fourth-order valence-corrected chi connectivity index (χ4v) is 3.61. The molecule has 8 heteroatoms. The fourth-order valence-electron chi connectivity index (χ4n) is 2.33. The number of nitrogens with one attached hydrogen (secondary N) is 1. The molecule has 0 aliphatic rings. The molecular formula is C14H15ClN2O4S. The van der Waals surface area contributed by atoms with Gasteiger partial charge in [-0.05, 0) is 31.5 Å². The molecule has 1 heterocycles. The summed E-state index contributed by atoms with van der Waals surface area (Å²) in [5, 5.41) is 2.78. The average molecular weight is 343 g/mol. The zero-order valence-corrected chi connectivity index (χ0v) is 14.1. The molecule has 0 bridgehead atoms. The average Bonchev–Trinajstić information content (AvgIpc) is 2.64. The molecule has 1 aromatic carbocycles. The molecule has 0 aliphatic heterocycles. The third-order valence-electron chi connectivity index (χ3n) is 3.44. The second-order valence-corrected chi connectivity index (χ2v) is 7.49. The van der Waals surface area contributed by atoms with Gasteiger partial charge in [0.15, 0.2) is 9.84 Å². The number of sulfone groups is 1. The van der Waals surface area contributed by atoms with Crippen LogP contribution in [0.25, 0.3) is 0 Å². The third-order valence-corrected chi connectivity index (χ3v) is 5.17. The van der Waals surface area contributed by atoms with Crippen molar-refractivity contribution in [3.63, 3.8) is 0 Å². The van der Waals surface area contributed by atoms with Crippen LogP contribution in [0.3, 0.4) is 0 Å². The van der Waals surface area contributed by atoms with Crippen LogP contribution in [-0.4, -0.2) is 30.2 Å². The lowest BCUT2D eigenvalue weighted by Gasteiger charge is -2.09. The summed E-state index contributed by atoms with van der Waals surface area (Å²) in [6, 6.07) is 2.66. The quantitative estimate of drug-likeness (QED) is 0.858. The predicted octanol–water partition coefficient (Wildman–Crippen LogP) is 1.62. The Bertz CT molecular complexity index is 938. The minimum atomic E-state index is -3.44. The molecule has 118 valence electrons. The van der Waals surface area contributed by atoms with Crippen LogP contribution in [0.1, 0.15) is 27.2 Å². The van der Waals surface area contributed by atoms with Gasteiger partial charge in [0.25, 0.3) is 5.56 Å². The smallest absolute Gasteiger partial charge is 0.277 e. The number of aromatic amines is 1. The number of carbonyl (C=O) groups is 1. The highest BCUT2D eigenvalue weighted by molar-refractivity contribution is 7.90. The maximum absolute atomic E-state index is 12.6. The maximum atomic E-state index is 12.6. The summed E-state index contributed by atoms with van der Waals surface area (Å²) in [5.41, 5.74) is 0.365. The van der Waals surface area contributed by atoms with Crippen LogP contribution >= 0.6 is 11.6 Å². The van der Waals surface area contributed by atoms with Gasteiger partial charge >= 0.3 is 0 Å². The first kappa shape index (κ1) is 16.5. The lowest BCUT2D eigenvalue weighted by atomic mass is 10.0. The summed E-state index contributed by atoms with van der Waals surface area (Å²) in [6.45, 7) is 3.14. The Hall–Kier alpha value is -1.86. The minimum absolute atomic E-state index is 0.00379. The Morgan fingerprint density at radius 2 is 1.86 bits per heavy atom. The molecule has 2 rings (SSSR count). The number of halogens is 1. The zero-order chi connectivity index (χ0) is 16.8. The molecule has 0 saturated carbocycles. The Labute approximate surface area is 132 Å². The molecular weight excluding hydrogens is 328 g/mol. The molecule has 1 N–H and O–H groups in total. The van der Waals surface area contributed by atoms with Gasteiger partial charge in [0.2, 0.25) is 5.78 Å². The highest BCUT2D eigenvalue weighted by atomic mass is 35.5. The first-order valence-corrected chi connectivity index (χ1v) is 8.62. The van der Waals surface area contributed by atoms with Gasteiger partial charge < -0.3 is 0 Å². The van der Waals surface area contributed by atoms with Gasteiger partial charge in [-0.1, -0.05) is 11.6 Å². The second kappa shape index (κ2) is 5.40. The topological polar surface area (TPSA) is 89.0 Å². The van der Waals surface area contributed by atoms with Crippen molar-refractivity contribution in [3.8, 4) is 0 Å². The standard InChI is InChI=1S/C14H15ClN2O4S/c1-7-10(22(4,20)21)6-5-9(12(7)15)13(18)11-8(2)16-17(3)14(11)19/h5-6,16H,1-4H3. The van der Waals surface area contributed by atoms with E-state index in [-0.39, 0.29) is 21.0 Å². The highest BCUT2D eigenvalue weighted by Gasteiger charge is 2.24. The zero-order valence-electron chi connectivity index (χ0n) is 12.5. The summed E-state index contributed by atoms with van der Waals surface area (Å²) in [4.78, 5) is 24.6. The van der Waals surface area contributed by atoms with Crippen molar-refractivity contribution in [2.45, 2.75) is 18.7 Å². The first-order chi connectivity index (χ1) is 10.1. The van der Waals surface area contributed by atoms with Crippen molar-refractivity contribution in [2.24, 2.45) is 7.05 Å². The molecule has 0 saturated heterocycles. The van der Waals surface area contributed by atoms with Crippen LogP contribution < -0.4 is 5.56 Å². The molecule has 0 aliphatic carbocycles. The minimum Gasteiger partial charge on any atom is -0.299 e. The molecule has 0 spiro atoms. The van der Waals surface area contributed by atoms with Crippen LogP contribution in [0.4, 0.5) is 0 Å². The number of aromatic nitrogens is 2. The van der Waals surface area contributed by atoms with Crippen molar-refractivity contribution in [1.29, 1.82) is 0 Å². The Morgan fingerprint density at radius 3 is 2.32 bits per heavy atom. The number of H-pyrrole nitrogens is 1. The van der Waals surface area contributed by atoms with Gasteiger partial charge in [-0.3, -0.25) is 19.4 Å². The van der Waals surface area contributed by atoms with Crippen LogP contribution in [0.15, 0.2) is 21.8 Å². The van der Waals surface area contributed by atoms with E-state index in [0.717, 1.165) is 6.26 Å². The SMILES string of the molecule is Cc1[nH]n(C)c(=O)c1C(=O)c1ccc(S(C)(=O)=O)c(C)c1Cl. The molecule has 0 radical (unpaired) electrons. The van der Waals surface area contributed by atoms with Crippen molar-refractivity contribution in [3.05, 3.63) is 49.9 Å². The maximum Gasteiger partial charge on any atom is 0.277 e. The van der Waals surface area contributed by atoms with Crippen LogP contribution in [-0.2, 0) is 16.9 Å². The fraction of sp³-hybridized carbons (Fsp3) is 0.286. The molecule has 0 unspecified atom stereocenters. The number of hydrogen-bond acceptors (Lipinski definition) is 4. The summed E-state index contributed by atoms with van der Waals surface area (Å²) in [7, 11) is -1.94. The normalized spacial score (nSPS) is 11.7. The Morgan fingerprint density at radius 1 is 1.27 bits per heavy atom. The molecule has 0 amide bonds. The van der Waals surface area contributed by atoms with E-state index in [4.69, 9.17) is 11.6 Å². The largest absolute Gasteiger partial charge is 0.299 e. The Kier molecular flexibility index (Phi) is 4.06. The molecule has 1 aromatic heterocycles. The molecule has 22 heavy (non-hydrogen) atoms. The number of hydrogen-bond donors (Lipinski definition) is 1.